The van der Waals surface area contributed by atoms with Gasteiger partial charge in [-0.15, -0.1) is 0 Å². The summed E-state index contributed by atoms with van der Waals surface area (Å²) in [6.07, 6.45) is 3.25. The van der Waals surface area contributed by atoms with Crippen molar-refractivity contribution in [2.24, 2.45) is 0 Å². The number of carbonyl (C=O) groups is 1. The molecule has 1 N–H and O–H groups in total. The highest BCUT2D eigenvalue weighted by molar-refractivity contribution is 6.06. The lowest BCUT2D eigenvalue weighted by molar-refractivity contribution is 0.102. The summed E-state index contributed by atoms with van der Waals surface area (Å²) in [5, 5.41) is 2.91. The van der Waals surface area contributed by atoms with Crippen molar-refractivity contribution in [2.45, 2.75) is 33.1 Å². The molecule has 4 nitrogen and oxygen atoms in total. The zero-order valence-electron chi connectivity index (χ0n) is 14.4. The minimum absolute atomic E-state index is 0.201. The summed E-state index contributed by atoms with van der Waals surface area (Å²) in [6, 6.07) is 14.7. The van der Waals surface area contributed by atoms with Crippen LogP contribution in [0.15, 0.2) is 48.5 Å². The molecule has 0 aromatic heterocycles. The molecule has 4 heteroatoms. The predicted molar refractivity (Wildman–Crippen MR) is 97.0 cm³/mol. The van der Waals surface area contributed by atoms with Crippen LogP contribution in [0, 0.1) is 0 Å². The van der Waals surface area contributed by atoms with Gasteiger partial charge in [0.05, 0.1) is 24.5 Å². The maximum atomic E-state index is 12.6. The van der Waals surface area contributed by atoms with Crippen LogP contribution >= 0.6 is 0 Å². The lowest BCUT2D eigenvalue weighted by Crippen LogP contribution is -2.14. The van der Waals surface area contributed by atoms with Gasteiger partial charge in [-0.25, -0.2) is 0 Å². The first-order valence-corrected chi connectivity index (χ1v) is 8.51. The monoisotopic (exact) mass is 327 g/mol. The third kappa shape index (κ3) is 5.01. The number of ether oxygens (including phenoxy) is 2. The molecular formula is C20H25NO3. The molecule has 0 aliphatic carbocycles. The highest BCUT2D eigenvalue weighted by atomic mass is 16.5. The molecule has 0 heterocycles. The second-order valence-electron chi connectivity index (χ2n) is 5.44. The molecule has 2 aromatic carbocycles. The minimum atomic E-state index is -0.201. The molecule has 0 spiro atoms. The third-order valence-electron chi connectivity index (χ3n) is 3.57. The summed E-state index contributed by atoms with van der Waals surface area (Å²) >= 11 is 0. The lowest BCUT2D eigenvalue weighted by atomic mass is 10.1. The van der Waals surface area contributed by atoms with E-state index < -0.39 is 0 Å². The van der Waals surface area contributed by atoms with Crippen molar-refractivity contribution in [3.8, 4) is 11.5 Å². The summed E-state index contributed by atoms with van der Waals surface area (Å²) < 4.78 is 11.3. The van der Waals surface area contributed by atoms with Crippen LogP contribution in [0.1, 0.15) is 43.5 Å². The number of hydrogen-bond acceptors (Lipinski definition) is 3. The van der Waals surface area contributed by atoms with Crippen LogP contribution in [0.2, 0.25) is 0 Å². The average molecular weight is 327 g/mol. The summed E-state index contributed by atoms with van der Waals surface area (Å²) in [6.45, 7) is 5.23. The molecule has 2 rings (SSSR count). The Morgan fingerprint density at radius 1 is 0.917 bits per heavy atom. The van der Waals surface area contributed by atoms with Crippen molar-refractivity contribution < 1.29 is 14.3 Å². The number of para-hydroxylation sites is 3. The number of hydrogen-bond donors (Lipinski definition) is 1. The van der Waals surface area contributed by atoms with E-state index in [1.165, 1.54) is 0 Å². The highest BCUT2D eigenvalue weighted by Gasteiger charge is 2.14. The van der Waals surface area contributed by atoms with Gasteiger partial charge in [0.1, 0.15) is 11.5 Å². The molecule has 128 valence electrons. The van der Waals surface area contributed by atoms with Gasteiger partial charge in [-0.1, -0.05) is 44.0 Å². The highest BCUT2D eigenvalue weighted by Crippen LogP contribution is 2.26. The van der Waals surface area contributed by atoms with E-state index in [1.54, 1.807) is 6.07 Å². The Bertz CT molecular complexity index is 655. The lowest BCUT2D eigenvalue weighted by Gasteiger charge is -2.14. The Balaban J connectivity index is 2.10. The van der Waals surface area contributed by atoms with E-state index >= 15 is 0 Å². The molecule has 0 bridgehead atoms. The van der Waals surface area contributed by atoms with Gasteiger partial charge in [-0.3, -0.25) is 4.79 Å². The zero-order valence-corrected chi connectivity index (χ0v) is 14.4. The minimum Gasteiger partial charge on any atom is -0.493 e. The molecule has 0 unspecified atom stereocenters. The van der Waals surface area contributed by atoms with Gasteiger partial charge in [0.15, 0.2) is 0 Å². The topological polar surface area (TPSA) is 47.6 Å². The Morgan fingerprint density at radius 3 is 2.38 bits per heavy atom. The number of anilines is 1. The molecule has 1 amide bonds. The largest absolute Gasteiger partial charge is 0.493 e. The Kier molecular flexibility index (Phi) is 7.15. The van der Waals surface area contributed by atoms with Gasteiger partial charge in [0, 0.05) is 0 Å². The molecule has 0 fully saturated rings. The van der Waals surface area contributed by atoms with Crippen LogP contribution in [-0.2, 0) is 0 Å². The first-order valence-electron chi connectivity index (χ1n) is 8.51. The fourth-order valence-electron chi connectivity index (χ4n) is 2.36. The van der Waals surface area contributed by atoms with Crippen LogP contribution in [0.25, 0.3) is 0 Å². The van der Waals surface area contributed by atoms with Crippen LogP contribution in [0.4, 0.5) is 5.69 Å². The van der Waals surface area contributed by atoms with Crippen LogP contribution in [0.5, 0.6) is 11.5 Å². The molecule has 24 heavy (non-hydrogen) atoms. The van der Waals surface area contributed by atoms with Crippen LogP contribution < -0.4 is 14.8 Å². The van der Waals surface area contributed by atoms with Crippen molar-refractivity contribution in [3.05, 3.63) is 54.1 Å². The summed E-state index contributed by atoms with van der Waals surface area (Å²) in [4.78, 5) is 12.6. The normalized spacial score (nSPS) is 10.2. The molecule has 0 saturated heterocycles. The SMILES string of the molecule is CCCCCOc1ccccc1C(=O)Nc1ccccc1OCC. The van der Waals surface area contributed by atoms with Gasteiger partial charge < -0.3 is 14.8 Å². The van der Waals surface area contributed by atoms with Crippen molar-refractivity contribution in [1.29, 1.82) is 0 Å². The van der Waals surface area contributed by atoms with E-state index in [9.17, 15) is 4.79 Å². The van der Waals surface area contributed by atoms with Gasteiger partial charge in [-0.2, -0.15) is 0 Å². The molecule has 2 aromatic rings. The van der Waals surface area contributed by atoms with Gasteiger partial charge in [0.2, 0.25) is 0 Å². The predicted octanol–water partition coefficient (Wildman–Crippen LogP) is 4.91. The average Bonchev–Trinajstić information content (AvgIpc) is 2.61. The Labute approximate surface area is 143 Å². The number of nitrogens with one attached hydrogen (secondary N) is 1. The molecule has 0 radical (unpaired) electrons. The number of rotatable bonds is 9. The summed E-state index contributed by atoms with van der Waals surface area (Å²) in [5.41, 5.74) is 1.19. The fraction of sp³-hybridized carbons (Fsp3) is 0.350. The van der Waals surface area contributed by atoms with E-state index in [4.69, 9.17) is 9.47 Å². The first kappa shape index (κ1) is 17.9. The maximum Gasteiger partial charge on any atom is 0.259 e. The van der Waals surface area contributed by atoms with E-state index in [2.05, 4.69) is 12.2 Å². The molecule has 0 aliphatic heterocycles. The standard InChI is InChI=1S/C20H25NO3/c1-3-5-10-15-24-18-13-8-6-11-16(18)20(22)21-17-12-7-9-14-19(17)23-4-2/h6-9,11-14H,3-5,10,15H2,1-2H3,(H,21,22). The van der Waals surface area contributed by atoms with Gasteiger partial charge in [-0.05, 0) is 37.6 Å². The van der Waals surface area contributed by atoms with Crippen LogP contribution in [-0.4, -0.2) is 19.1 Å². The summed E-state index contributed by atoms with van der Waals surface area (Å²) in [7, 11) is 0. The second kappa shape index (κ2) is 9.60. The number of unbranched alkanes of at least 4 members (excludes halogenated alkanes) is 2. The van der Waals surface area contributed by atoms with Crippen molar-refractivity contribution >= 4 is 11.6 Å². The van der Waals surface area contributed by atoms with Crippen LogP contribution in [0.3, 0.4) is 0 Å². The quantitative estimate of drug-likeness (QED) is 0.666. The first-order chi connectivity index (χ1) is 11.8. The van der Waals surface area contributed by atoms with E-state index in [1.807, 2.05) is 49.4 Å². The Hall–Kier alpha value is -2.49. The fourth-order valence-corrected chi connectivity index (χ4v) is 2.36. The number of carbonyl (C=O) groups excluding carboxylic acids is 1. The smallest absolute Gasteiger partial charge is 0.259 e. The van der Waals surface area contributed by atoms with Crippen molar-refractivity contribution in [3.63, 3.8) is 0 Å². The molecule has 0 aliphatic rings. The van der Waals surface area contributed by atoms with Crippen molar-refractivity contribution in [1.82, 2.24) is 0 Å². The zero-order chi connectivity index (χ0) is 17.2. The van der Waals surface area contributed by atoms with Crippen molar-refractivity contribution in [2.75, 3.05) is 18.5 Å². The number of benzene rings is 2. The van der Waals surface area contributed by atoms with E-state index in [-0.39, 0.29) is 5.91 Å². The van der Waals surface area contributed by atoms with E-state index in [0.717, 1.165) is 19.3 Å². The third-order valence-corrected chi connectivity index (χ3v) is 3.57. The summed E-state index contributed by atoms with van der Waals surface area (Å²) in [5.74, 6) is 1.07. The maximum absolute atomic E-state index is 12.6. The molecular weight excluding hydrogens is 302 g/mol. The second-order valence-corrected chi connectivity index (χ2v) is 5.44. The van der Waals surface area contributed by atoms with Gasteiger partial charge in [0.25, 0.3) is 5.91 Å². The van der Waals surface area contributed by atoms with E-state index in [0.29, 0.717) is 36.0 Å². The molecule has 0 saturated carbocycles. The van der Waals surface area contributed by atoms with Gasteiger partial charge >= 0.3 is 0 Å². The number of amides is 1. The molecule has 0 atom stereocenters. The Morgan fingerprint density at radius 2 is 1.62 bits per heavy atom.